The molecule has 1 fully saturated rings. The van der Waals surface area contributed by atoms with Gasteiger partial charge in [0.25, 0.3) is 5.91 Å². The maximum absolute atomic E-state index is 12.6. The third-order valence-corrected chi connectivity index (χ3v) is 4.24. The van der Waals surface area contributed by atoms with Gasteiger partial charge in [0.1, 0.15) is 5.75 Å². The SMILES string of the molecule is NC(=O)C1CCCN(C(=O)c2ccc3ccccc3c2O)C1. The highest BCUT2D eigenvalue weighted by Gasteiger charge is 2.28. The van der Waals surface area contributed by atoms with Crippen molar-refractivity contribution in [1.82, 2.24) is 4.90 Å². The molecule has 1 aliphatic heterocycles. The molecule has 2 amide bonds. The smallest absolute Gasteiger partial charge is 0.257 e. The molecule has 2 aromatic rings. The number of primary amides is 1. The van der Waals surface area contributed by atoms with Crippen LogP contribution in [0.5, 0.6) is 5.75 Å². The summed E-state index contributed by atoms with van der Waals surface area (Å²) in [5.74, 6) is -0.945. The van der Waals surface area contributed by atoms with E-state index in [-0.39, 0.29) is 29.0 Å². The lowest BCUT2D eigenvalue weighted by Gasteiger charge is -2.31. The number of fused-ring (bicyclic) bond motifs is 1. The van der Waals surface area contributed by atoms with Crippen molar-refractivity contribution in [3.8, 4) is 5.75 Å². The van der Waals surface area contributed by atoms with Crippen molar-refractivity contribution in [3.63, 3.8) is 0 Å². The largest absolute Gasteiger partial charge is 0.506 e. The number of amides is 2. The fourth-order valence-electron chi connectivity index (χ4n) is 2.99. The first-order valence-electron chi connectivity index (χ1n) is 7.37. The van der Waals surface area contributed by atoms with Crippen LogP contribution in [-0.2, 0) is 4.79 Å². The van der Waals surface area contributed by atoms with E-state index in [2.05, 4.69) is 0 Å². The van der Waals surface area contributed by atoms with Crippen LogP contribution in [0.25, 0.3) is 10.8 Å². The number of rotatable bonds is 2. The van der Waals surface area contributed by atoms with E-state index in [0.29, 0.717) is 24.9 Å². The Labute approximate surface area is 128 Å². The Morgan fingerprint density at radius 3 is 2.73 bits per heavy atom. The molecule has 2 aromatic carbocycles. The Morgan fingerprint density at radius 2 is 1.95 bits per heavy atom. The van der Waals surface area contributed by atoms with Crippen LogP contribution in [0.4, 0.5) is 0 Å². The van der Waals surface area contributed by atoms with E-state index in [1.165, 1.54) is 0 Å². The van der Waals surface area contributed by atoms with Gasteiger partial charge in [-0.3, -0.25) is 9.59 Å². The summed E-state index contributed by atoms with van der Waals surface area (Å²) in [6.07, 6.45) is 1.45. The van der Waals surface area contributed by atoms with E-state index in [4.69, 9.17) is 5.73 Å². The summed E-state index contributed by atoms with van der Waals surface area (Å²) in [6.45, 7) is 0.898. The van der Waals surface area contributed by atoms with Crippen LogP contribution in [0, 0.1) is 5.92 Å². The van der Waals surface area contributed by atoms with E-state index in [1.807, 2.05) is 24.3 Å². The van der Waals surface area contributed by atoms with E-state index in [0.717, 1.165) is 11.8 Å². The molecule has 0 aliphatic carbocycles. The molecule has 0 radical (unpaired) electrons. The van der Waals surface area contributed by atoms with Gasteiger partial charge in [0.15, 0.2) is 0 Å². The Hall–Kier alpha value is -2.56. The highest BCUT2D eigenvalue weighted by Crippen LogP contribution is 2.30. The average molecular weight is 298 g/mol. The van der Waals surface area contributed by atoms with Gasteiger partial charge in [-0.1, -0.05) is 30.3 Å². The molecule has 0 bridgehead atoms. The number of piperidine rings is 1. The van der Waals surface area contributed by atoms with Gasteiger partial charge in [-0.15, -0.1) is 0 Å². The Kier molecular flexibility index (Phi) is 3.71. The molecular weight excluding hydrogens is 280 g/mol. The Bertz CT molecular complexity index is 742. The summed E-state index contributed by atoms with van der Waals surface area (Å²) in [5.41, 5.74) is 5.61. The molecule has 1 atom stereocenters. The van der Waals surface area contributed by atoms with Crippen LogP contribution in [0.1, 0.15) is 23.2 Å². The molecule has 1 unspecified atom stereocenters. The summed E-state index contributed by atoms with van der Waals surface area (Å²) in [7, 11) is 0. The monoisotopic (exact) mass is 298 g/mol. The number of likely N-dealkylation sites (tertiary alicyclic amines) is 1. The second-order valence-electron chi connectivity index (χ2n) is 5.68. The summed E-state index contributed by atoms with van der Waals surface area (Å²) in [4.78, 5) is 25.6. The second kappa shape index (κ2) is 5.67. The van der Waals surface area contributed by atoms with E-state index in [1.54, 1.807) is 17.0 Å². The quantitative estimate of drug-likeness (QED) is 0.888. The van der Waals surface area contributed by atoms with Crippen LogP contribution in [0.15, 0.2) is 36.4 Å². The van der Waals surface area contributed by atoms with E-state index < -0.39 is 0 Å². The van der Waals surface area contributed by atoms with Crippen LogP contribution < -0.4 is 5.73 Å². The topological polar surface area (TPSA) is 83.6 Å². The molecule has 3 rings (SSSR count). The zero-order chi connectivity index (χ0) is 15.7. The van der Waals surface area contributed by atoms with Crippen molar-refractivity contribution in [1.29, 1.82) is 0 Å². The van der Waals surface area contributed by atoms with Gasteiger partial charge >= 0.3 is 0 Å². The number of carbonyl (C=O) groups is 2. The van der Waals surface area contributed by atoms with Crippen LogP contribution in [0.2, 0.25) is 0 Å². The van der Waals surface area contributed by atoms with E-state index >= 15 is 0 Å². The first-order chi connectivity index (χ1) is 10.6. The van der Waals surface area contributed by atoms with Gasteiger partial charge in [-0.2, -0.15) is 0 Å². The second-order valence-corrected chi connectivity index (χ2v) is 5.68. The number of nitrogens with zero attached hydrogens (tertiary/aromatic N) is 1. The first kappa shape index (κ1) is 14.4. The van der Waals surface area contributed by atoms with Gasteiger partial charge in [-0.25, -0.2) is 0 Å². The normalized spacial score (nSPS) is 18.4. The number of phenolic OH excluding ortho intramolecular Hbond substituents is 1. The molecule has 114 valence electrons. The van der Waals surface area contributed by atoms with Gasteiger partial charge in [0.2, 0.25) is 5.91 Å². The lowest BCUT2D eigenvalue weighted by Crippen LogP contribution is -2.44. The number of phenols is 1. The highest BCUT2D eigenvalue weighted by molar-refractivity contribution is 6.03. The summed E-state index contributed by atoms with van der Waals surface area (Å²) >= 11 is 0. The first-order valence-corrected chi connectivity index (χ1v) is 7.37. The minimum atomic E-state index is -0.375. The molecule has 0 aromatic heterocycles. The van der Waals surface area contributed by atoms with Crippen molar-refractivity contribution in [3.05, 3.63) is 42.0 Å². The van der Waals surface area contributed by atoms with Gasteiger partial charge < -0.3 is 15.7 Å². The fourth-order valence-corrected chi connectivity index (χ4v) is 2.99. The predicted octanol–water partition coefficient (Wildman–Crippen LogP) is 1.88. The Balaban J connectivity index is 1.92. The van der Waals surface area contributed by atoms with Gasteiger partial charge in [-0.05, 0) is 24.3 Å². The van der Waals surface area contributed by atoms with Crippen molar-refractivity contribution >= 4 is 22.6 Å². The highest BCUT2D eigenvalue weighted by atomic mass is 16.3. The minimum Gasteiger partial charge on any atom is -0.506 e. The van der Waals surface area contributed by atoms with Crippen molar-refractivity contribution in [2.45, 2.75) is 12.8 Å². The molecule has 1 aliphatic rings. The molecule has 1 heterocycles. The number of nitrogens with two attached hydrogens (primary N) is 1. The summed E-state index contributed by atoms with van der Waals surface area (Å²) in [6, 6.07) is 10.8. The number of hydrogen-bond donors (Lipinski definition) is 2. The van der Waals surface area contributed by atoms with Gasteiger partial charge in [0, 0.05) is 18.5 Å². The van der Waals surface area contributed by atoms with Crippen LogP contribution in [0.3, 0.4) is 0 Å². The lowest BCUT2D eigenvalue weighted by atomic mass is 9.96. The molecule has 22 heavy (non-hydrogen) atoms. The molecular formula is C17H18N2O3. The molecule has 0 spiro atoms. The molecule has 1 saturated heterocycles. The maximum Gasteiger partial charge on any atom is 0.257 e. The number of hydrogen-bond acceptors (Lipinski definition) is 3. The van der Waals surface area contributed by atoms with Crippen LogP contribution >= 0.6 is 0 Å². The number of benzene rings is 2. The third kappa shape index (κ3) is 2.50. The molecule has 0 saturated carbocycles. The number of carbonyl (C=O) groups excluding carboxylic acids is 2. The summed E-state index contributed by atoms with van der Waals surface area (Å²) in [5, 5.41) is 11.9. The molecule has 3 N–H and O–H groups in total. The molecule has 5 nitrogen and oxygen atoms in total. The average Bonchev–Trinajstić information content (AvgIpc) is 2.55. The number of aromatic hydroxyl groups is 1. The van der Waals surface area contributed by atoms with Crippen molar-refractivity contribution < 1.29 is 14.7 Å². The standard InChI is InChI=1S/C17H18N2O3/c18-16(21)12-5-3-9-19(10-12)17(22)14-8-7-11-4-1-2-6-13(11)15(14)20/h1-2,4,6-8,12,20H,3,5,9-10H2,(H2,18,21). The summed E-state index contributed by atoms with van der Waals surface area (Å²) < 4.78 is 0. The van der Waals surface area contributed by atoms with E-state index in [9.17, 15) is 14.7 Å². The maximum atomic E-state index is 12.6. The zero-order valence-corrected chi connectivity index (χ0v) is 12.2. The lowest BCUT2D eigenvalue weighted by molar-refractivity contribution is -0.123. The Morgan fingerprint density at radius 1 is 1.18 bits per heavy atom. The molecule has 5 heteroatoms. The predicted molar refractivity (Wildman–Crippen MR) is 83.4 cm³/mol. The zero-order valence-electron chi connectivity index (χ0n) is 12.2. The van der Waals surface area contributed by atoms with Crippen molar-refractivity contribution in [2.75, 3.05) is 13.1 Å². The third-order valence-electron chi connectivity index (χ3n) is 4.24. The van der Waals surface area contributed by atoms with Crippen LogP contribution in [-0.4, -0.2) is 34.9 Å². The fraction of sp³-hybridized carbons (Fsp3) is 0.294. The minimum absolute atomic E-state index is 0.00991. The van der Waals surface area contributed by atoms with Gasteiger partial charge in [0.05, 0.1) is 11.5 Å². The van der Waals surface area contributed by atoms with Crippen molar-refractivity contribution in [2.24, 2.45) is 11.7 Å².